The zero-order valence-electron chi connectivity index (χ0n) is 7.78. The number of methoxy groups -OCH3 is 1. The van der Waals surface area contributed by atoms with Gasteiger partial charge in [0.1, 0.15) is 5.69 Å². The second kappa shape index (κ2) is 5.96. The zero-order valence-corrected chi connectivity index (χ0v) is 12.5. The van der Waals surface area contributed by atoms with Crippen LogP contribution in [0.5, 0.6) is 0 Å². The van der Waals surface area contributed by atoms with Gasteiger partial charge in [0, 0.05) is 0 Å². The van der Waals surface area contributed by atoms with Gasteiger partial charge in [-0.1, -0.05) is 53.9 Å². The SMILES string of the molecule is COC(=O)c1cccc(C(Br)C(Br)Br)n1. The van der Waals surface area contributed by atoms with E-state index in [-0.39, 0.29) is 8.56 Å². The molecule has 1 aromatic rings. The summed E-state index contributed by atoms with van der Waals surface area (Å²) < 4.78 is 4.64. The molecule has 1 aromatic heterocycles. The molecule has 1 atom stereocenters. The summed E-state index contributed by atoms with van der Waals surface area (Å²) in [7, 11) is 1.33. The summed E-state index contributed by atoms with van der Waals surface area (Å²) in [6, 6.07) is 5.22. The number of aromatic nitrogens is 1. The summed E-state index contributed by atoms with van der Waals surface area (Å²) in [5.74, 6) is -0.433. The van der Waals surface area contributed by atoms with E-state index in [0.717, 1.165) is 5.69 Å². The van der Waals surface area contributed by atoms with Crippen molar-refractivity contribution in [1.82, 2.24) is 4.98 Å². The van der Waals surface area contributed by atoms with Crippen LogP contribution in [-0.2, 0) is 4.74 Å². The first-order valence-corrected chi connectivity index (χ1v) is 6.78. The van der Waals surface area contributed by atoms with Crippen molar-refractivity contribution in [2.75, 3.05) is 7.11 Å². The highest BCUT2D eigenvalue weighted by molar-refractivity contribution is 9.25. The molecular formula is C9H8Br3NO2. The van der Waals surface area contributed by atoms with Crippen LogP contribution in [0.15, 0.2) is 18.2 Å². The van der Waals surface area contributed by atoms with Gasteiger partial charge in [0.25, 0.3) is 0 Å². The highest BCUT2D eigenvalue weighted by Gasteiger charge is 2.17. The van der Waals surface area contributed by atoms with Crippen LogP contribution in [0, 0.1) is 0 Å². The van der Waals surface area contributed by atoms with Gasteiger partial charge in [-0.2, -0.15) is 0 Å². The molecule has 1 unspecified atom stereocenters. The van der Waals surface area contributed by atoms with Crippen LogP contribution in [0.1, 0.15) is 21.0 Å². The number of esters is 1. The van der Waals surface area contributed by atoms with Crippen molar-refractivity contribution in [3.8, 4) is 0 Å². The summed E-state index contributed by atoms with van der Waals surface area (Å²) >= 11 is 10.2. The van der Waals surface area contributed by atoms with Gasteiger partial charge in [-0.25, -0.2) is 9.78 Å². The smallest absolute Gasteiger partial charge is 0.356 e. The van der Waals surface area contributed by atoms with Gasteiger partial charge in [-0.15, -0.1) is 0 Å². The molecule has 82 valence electrons. The molecule has 0 bridgehead atoms. The number of halogens is 3. The Morgan fingerprint density at radius 1 is 1.40 bits per heavy atom. The standard InChI is InChI=1S/C9H8Br3NO2/c1-15-9(14)6-4-2-3-5(13-6)7(10)8(11)12/h2-4,7-8H,1H3. The average Bonchev–Trinajstić information content (AvgIpc) is 2.27. The van der Waals surface area contributed by atoms with E-state index in [0.29, 0.717) is 5.69 Å². The molecule has 0 aromatic carbocycles. The molecule has 0 aliphatic rings. The van der Waals surface area contributed by atoms with Crippen molar-refractivity contribution >= 4 is 53.8 Å². The van der Waals surface area contributed by atoms with Gasteiger partial charge in [0.15, 0.2) is 0 Å². The molecule has 0 aliphatic carbocycles. The number of hydrogen-bond acceptors (Lipinski definition) is 3. The molecule has 0 saturated heterocycles. The van der Waals surface area contributed by atoms with Gasteiger partial charge >= 0.3 is 5.97 Å². The van der Waals surface area contributed by atoms with Crippen molar-refractivity contribution in [3.05, 3.63) is 29.6 Å². The first kappa shape index (κ1) is 13.1. The molecule has 0 radical (unpaired) electrons. The molecule has 1 rings (SSSR count). The number of carbonyl (C=O) groups excluding carboxylic acids is 1. The number of pyridine rings is 1. The van der Waals surface area contributed by atoms with Gasteiger partial charge in [0.2, 0.25) is 0 Å². The van der Waals surface area contributed by atoms with Crippen LogP contribution < -0.4 is 0 Å². The second-order valence-corrected chi connectivity index (χ2v) is 6.86. The molecule has 1 heterocycles. The number of nitrogens with zero attached hydrogens (tertiary/aromatic N) is 1. The number of rotatable bonds is 3. The third kappa shape index (κ3) is 3.53. The summed E-state index contributed by atoms with van der Waals surface area (Å²) in [5.41, 5.74) is 1.07. The second-order valence-electron chi connectivity index (χ2n) is 2.68. The maximum atomic E-state index is 11.2. The number of alkyl halides is 3. The van der Waals surface area contributed by atoms with Crippen molar-refractivity contribution in [3.63, 3.8) is 0 Å². The number of carbonyl (C=O) groups is 1. The lowest BCUT2D eigenvalue weighted by Gasteiger charge is -2.10. The van der Waals surface area contributed by atoms with E-state index in [2.05, 4.69) is 57.5 Å². The van der Waals surface area contributed by atoms with Crippen molar-refractivity contribution in [1.29, 1.82) is 0 Å². The Labute approximate surface area is 113 Å². The van der Waals surface area contributed by atoms with Gasteiger partial charge < -0.3 is 4.74 Å². The molecule has 15 heavy (non-hydrogen) atoms. The number of ether oxygens (including phenoxy) is 1. The molecule has 0 spiro atoms. The van der Waals surface area contributed by atoms with Crippen LogP contribution in [0.3, 0.4) is 0 Å². The Hall–Kier alpha value is 0.0600. The van der Waals surface area contributed by atoms with Gasteiger partial charge in [-0.05, 0) is 12.1 Å². The zero-order chi connectivity index (χ0) is 11.4. The van der Waals surface area contributed by atoms with Crippen molar-refractivity contribution < 1.29 is 9.53 Å². The van der Waals surface area contributed by atoms with E-state index < -0.39 is 5.97 Å². The predicted octanol–water partition coefficient (Wildman–Crippen LogP) is 3.42. The van der Waals surface area contributed by atoms with Crippen LogP contribution in [0.4, 0.5) is 0 Å². The summed E-state index contributed by atoms with van der Waals surface area (Å²) in [6.07, 6.45) is 0. The molecule has 0 fully saturated rings. The normalized spacial score (nSPS) is 12.6. The van der Waals surface area contributed by atoms with Crippen molar-refractivity contribution in [2.45, 2.75) is 8.56 Å². The van der Waals surface area contributed by atoms with Crippen LogP contribution in [-0.4, -0.2) is 21.8 Å². The Balaban J connectivity index is 2.97. The fourth-order valence-electron chi connectivity index (χ4n) is 0.952. The monoisotopic (exact) mass is 399 g/mol. The first-order chi connectivity index (χ1) is 7.06. The Morgan fingerprint density at radius 2 is 2.07 bits per heavy atom. The topological polar surface area (TPSA) is 39.2 Å². The van der Waals surface area contributed by atoms with E-state index >= 15 is 0 Å². The lowest BCUT2D eigenvalue weighted by atomic mass is 10.2. The van der Waals surface area contributed by atoms with Crippen LogP contribution >= 0.6 is 47.8 Å². The van der Waals surface area contributed by atoms with E-state index in [4.69, 9.17) is 0 Å². The quantitative estimate of drug-likeness (QED) is 0.575. The maximum absolute atomic E-state index is 11.2. The average molecular weight is 402 g/mol. The molecule has 0 amide bonds. The Morgan fingerprint density at radius 3 is 2.60 bits per heavy atom. The van der Waals surface area contributed by atoms with E-state index in [1.54, 1.807) is 12.1 Å². The lowest BCUT2D eigenvalue weighted by molar-refractivity contribution is 0.0593. The summed E-state index contributed by atoms with van der Waals surface area (Å²) in [4.78, 5) is 15.4. The number of hydrogen-bond donors (Lipinski definition) is 0. The van der Waals surface area contributed by atoms with Crippen LogP contribution in [0.25, 0.3) is 0 Å². The molecule has 0 saturated carbocycles. The van der Waals surface area contributed by atoms with Crippen LogP contribution in [0.2, 0.25) is 0 Å². The molecule has 6 heteroatoms. The predicted molar refractivity (Wildman–Crippen MR) is 68.9 cm³/mol. The van der Waals surface area contributed by atoms with Gasteiger partial charge in [0.05, 0.1) is 21.4 Å². The minimum atomic E-state index is -0.433. The minimum absolute atomic E-state index is 0.0119. The van der Waals surface area contributed by atoms with E-state index in [1.807, 2.05) is 6.07 Å². The fourth-order valence-corrected chi connectivity index (χ4v) is 1.75. The molecular weight excluding hydrogens is 394 g/mol. The molecule has 3 nitrogen and oxygen atoms in total. The third-order valence-corrected chi connectivity index (χ3v) is 5.14. The largest absolute Gasteiger partial charge is 0.464 e. The van der Waals surface area contributed by atoms with Crippen molar-refractivity contribution in [2.24, 2.45) is 0 Å². The highest BCUT2D eigenvalue weighted by atomic mass is 79.9. The Kier molecular flexibility index (Phi) is 5.22. The minimum Gasteiger partial charge on any atom is -0.464 e. The van der Waals surface area contributed by atoms with E-state index in [9.17, 15) is 4.79 Å². The summed E-state index contributed by atoms with van der Waals surface area (Å²) in [6.45, 7) is 0. The first-order valence-electron chi connectivity index (χ1n) is 4.03. The molecule has 0 N–H and O–H groups in total. The fraction of sp³-hybridized carbons (Fsp3) is 0.333. The Bertz CT molecular complexity index is 357. The third-order valence-electron chi connectivity index (χ3n) is 1.67. The highest BCUT2D eigenvalue weighted by Crippen LogP contribution is 2.33. The molecule has 0 aliphatic heterocycles. The lowest BCUT2D eigenvalue weighted by Crippen LogP contribution is -2.08. The maximum Gasteiger partial charge on any atom is 0.356 e. The van der Waals surface area contributed by atoms with E-state index in [1.165, 1.54) is 7.11 Å². The van der Waals surface area contributed by atoms with Gasteiger partial charge in [-0.3, -0.25) is 0 Å². The summed E-state index contributed by atoms with van der Waals surface area (Å²) in [5, 5.41) is 0.